The zero-order valence-corrected chi connectivity index (χ0v) is 9.38. The summed E-state index contributed by atoms with van der Waals surface area (Å²) in [7, 11) is 0. The van der Waals surface area contributed by atoms with Crippen LogP contribution >= 0.6 is 0 Å². The zero-order chi connectivity index (χ0) is 11.9. The fourth-order valence-corrected chi connectivity index (χ4v) is 1.79. The molecule has 0 amide bonds. The van der Waals surface area contributed by atoms with Crippen molar-refractivity contribution in [3.63, 3.8) is 0 Å². The summed E-state index contributed by atoms with van der Waals surface area (Å²) in [6.07, 6.45) is 1.91. The first kappa shape index (κ1) is 11.1. The van der Waals surface area contributed by atoms with Crippen LogP contribution in [-0.4, -0.2) is 21.7 Å². The highest BCUT2D eigenvalue weighted by molar-refractivity contribution is 5.35. The fourth-order valence-electron chi connectivity index (χ4n) is 1.79. The van der Waals surface area contributed by atoms with E-state index in [4.69, 9.17) is 16.2 Å². The molecule has 1 fully saturated rings. The van der Waals surface area contributed by atoms with Crippen LogP contribution in [0.15, 0.2) is 11.0 Å². The van der Waals surface area contributed by atoms with Crippen molar-refractivity contribution >= 4 is 5.82 Å². The van der Waals surface area contributed by atoms with E-state index in [2.05, 4.69) is 4.98 Å². The summed E-state index contributed by atoms with van der Waals surface area (Å²) >= 11 is 0. The first-order chi connectivity index (χ1) is 7.49. The monoisotopic (exact) mass is 224 g/mol. The van der Waals surface area contributed by atoms with Crippen LogP contribution in [0.1, 0.15) is 25.1 Å². The van der Waals surface area contributed by atoms with Crippen LogP contribution in [0.3, 0.4) is 0 Å². The molecule has 0 bridgehead atoms. The molecule has 1 aliphatic heterocycles. The molecule has 6 nitrogen and oxygen atoms in total. The highest BCUT2D eigenvalue weighted by atomic mass is 16.5. The van der Waals surface area contributed by atoms with Crippen molar-refractivity contribution in [3.05, 3.63) is 22.2 Å². The molecule has 0 aliphatic carbocycles. The van der Waals surface area contributed by atoms with Gasteiger partial charge >= 0.3 is 5.69 Å². The summed E-state index contributed by atoms with van der Waals surface area (Å²) in [5.74, 6) is 0.261. The van der Waals surface area contributed by atoms with Crippen molar-refractivity contribution in [2.75, 3.05) is 5.73 Å². The number of nitrogens with two attached hydrogens (primary N) is 2. The van der Waals surface area contributed by atoms with Gasteiger partial charge in [0.1, 0.15) is 12.0 Å². The average Bonchev–Trinajstić information content (AvgIpc) is 2.53. The number of ether oxygens (including phenoxy) is 1. The maximum absolute atomic E-state index is 11.6. The van der Waals surface area contributed by atoms with Gasteiger partial charge in [0.2, 0.25) is 0 Å². The minimum Gasteiger partial charge on any atom is -0.383 e. The van der Waals surface area contributed by atoms with Crippen molar-refractivity contribution in [1.82, 2.24) is 9.55 Å². The molecule has 1 saturated heterocycles. The van der Waals surface area contributed by atoms with E-state index in [9.17, 15) is 4.79 Å². The molecular formula is C10H16N4O2. The van der Waals surface area contributed by atoms with E-state index in [1.807, 2.05) is 6.92 Å². The second-order valence-corrected chi connectivity index (χ2v) is 4.19. The third-order valence-electron chi connectivity index (χ3n) is 2.93. The molecule has 0 aromatic carbocycles. The van der Waals surface area contributed by atoms with Crippen molar-refractivity contribution in [2.45, 2.75) is 38.6 Å². The molecule has 4 N–H and O–H groups in total. The number of hydrogen-bond donors (Lipinski definition) is 2. The predicted molar refractivity (Wildman–Crippen MR) is 59.8 cm³/mol. The Balaban J connectivity index is 2.35. The lowest BCUT2D eigenvalue weighted by molar-refractivity contribution is 0.00612. The second kappa shape index (κ2) is 3.88. The molecule has 1 aromatic rings. The standard InChI is InChI=1S/C10H16N4O2/c1-5-4-14(10(15)13-9(5)12)8-3-7(11)6(2)16-8/h4,6-8H,3,11H2,1-2H3,(H2,12,13,15)/t6-,7+,8-/m1/s1. The summed E-state index contributed by atoms with van der Waals surface area (Å²) in [5.41, 5.74) is 11.8. The SMILES string of the molecule is Cc1cn([C@H]2C[C@H](N)[C@@H](C)O2)c(=O)nc1N. The fraction of sp³-hybridized carbons (Fsp3) is 0.600. The largest absolute Gasteiger partial charge is 0.383 e. The lowest BCUT2D eigenvalue weighted by Crippen LogP contribution is -2.28. The third kappa shape index (κ3) is 1.81. The van der Waals surface area contributed by atoms with E-state index in [1.54, 1.807) is 13.1 Å². The van der Waals surface area contributed by atoms with Crippen LogP contribution in [0.4, 0.5) is 5.82 Å². The van der Waals surface area contributed by atoms with E-state index in [0.29, 0.717) is 6.42 Å². The number of hydrogen-bond acceptors (Lipinski definition) is 5. The summed E-state index contributed by atoms with van der Waals surface area (Å²) in [5, 5.41) is 0. The molecule has 0 spiro atoms. The summed E-state index contributed by atoms with van der Waals surface area (Å²) < 4.78 is 7.05. The summed E-state index contributed by atoms with van der Waals surface area (Å²) in [6.45, 7) is 3.70. The number of nitrogen functional groups attached to an aromatic ring is 1. The number of aromatic nitrogens is 2. The summed E-state index contributed by atoms with van der Waals surface area (Å²) in [6, 6.07) is -0.0465. The molecular weight excluding hydrogens is 208 g/mol. The Morgan fingerprint density at radius 1 is 1.62 bits per heavy atom. The van der Waals surface area contributed by atoms with Gasteiger partial charge in [-0.3, -0.25) is 4.57 Å². The van der Waals surface area contributed by atoms with E-state index in [-0.39, 0.29) is 24.2 Å². The first-order valence-electron chi connectivity index (χ1n) is 5.25. The van der Waals surface area contributed by atoms with E-state index >= 15 is 0 Å². The van der Waals surface area contributed by atoms with Gasteiger partial charge in [-0.1, -0.05) is 0 Å². The lowest BCUT2D eigenvalue weighted by Gasteiger charge is -2.14. The van der Waals surface area contributed by atoms with Gasteiger partial charge in [-0.15, -0.1) is 0 Å². The predicted octanol–water partition coefficient (Wildman–Crippen LogP) is -0.231. The van der Waals surface area contributed by atoms with Crippen LogP contribution in [0.5, 0.6) is 0 Å². The first-order valence-corrected chi connectivity index (χ1v) is 5.25. The van der Waals surface area contributed by atoms with Crippen molar-refractivity contribution < 1.29 is 4.74 Å². The van der Waals surface area contributed by atoms with E-state index in [1.165, 1.54) is 4.57 Å². The number of aryl methyl sites for hydroxylation is 1. The van der Waals surface area contributed by atoms with Crippen molar-refractivity contribution in [2.24, 2.45) is 5.73 Å². The van der Waals surface area contributed by atoms with Gasteiger partial charge in [0, 0.05) is 24.2 Å². The van der Waals surface area contributed by atoms with Crippen LogP contribution < -0.4 is 17.2 Å². The molecule has 1 aromatic heterocycles. The summed E-state index contributed by atoms with van der Waals surface area (Å²) in [4.78, 5) is 15.4. The van der Waals surface area contributed by atoms with Crippen LogP contribution in [0.25, 0.3) is 0 Å². The molecule has 6 heteroatoms. The number of nitrogens with zero attached hydrogens (tertiary/aromatic N) is 2. The van der Waals surface area contributed by atoms with E-state index in [0.717, 1.165) is 5.56 Å². The quantitative estimate of drug-likeness (QED) is 0.686. The molecule has 2 rings (SSSR count). The average molecular weight is 224 g/mol. The molecule has 0 saturated carbocycles. The minimum absolute atomic E-state index is 0.0465. The zero-order valence-electron chi connectivity index (χ0n) is 9.38. The highest BCUT2D eigenvalue weighted by Crippen LogP contribution is 2.26. The second-order valence-electron chi connectivity index (χ2n) is 4.19. The Morgan fingerprint density at radius 2 is 2.31 bits per heavy atom. The maximum Gasteiger partial charge on any atom is 0.351 e. The number of anilines is 1. The Labute approximate surface area is 93.2 Å². The van der Waals surface area contributed by atoms with Gasteiger partial charge in [0.25, 0.3) is 0 Å². The smallest absolute Gasteiger partial charge is 0.351 e. The van der Waals surface area contributed by atoms with Crippen LogP contribution in [-0.2, 0) is 4.74 Å². The maximum atomic E-state index is 11.6. The van der Waals surface area contributed by atoms with Gasteiger partial charge < -0.3 is 16.2 Å². The van der Waals surface area contributed by atoms with Crippen molar-refractivity contribution in [3.8, 4) is 0 Å². The normalized spacial score (nSPS) is 29.6. The molecule has 2 heterocycles. The topological polar surface area (TPSA) is 96.2 Å². The van der Waals surface area contributed by atoms with Gasteiger partial charge in [0.15, 0.2) is 0 Å². The van der Waals surface area contributed by atoms with Gasteiger partial charge in [-0.05, 0) is 13.8 Å². The Hall–Kier alpha value is -1.40. The molecule has 88 valence electrons. The van der Waals surface area contributed by atoms with Crippen molar-refractivity contribution in [1.29, 1.82) is 0 Å². The van der Waals surface area contributed by atoms with Crippen LogP contribution in [0.2, 0.25) is 0 Å². The molecule has 0 radical (unpaired) electrons. The Morgan fingerprint density at radius 3 is 2.88 bits per heavy atom. The molecule has 3 atom stereocenters. The highest BCUT2D eigenvalue weighted by Gasteiger charge is 2.31. The molecule has 0 unspecified atom stereocenters. The number of rotatable bonds is 1. The van der Waals surface area contributed by atoms with Gasteiger partial charge in [-0.25, -0.2) is 4.79 Å². The Bertz CT molecular complexity index is 447. The van der Waals surface area contributed by atoms with Gasteiger partial charge in [-0.2, -0.15) is 4.98 Å². The Kier molecular flexibility index (Phi) is 2.69. The molecule has 1 aliphatic rings. The minimum atomic E-state index is -0.394. The third-order valence-corrected chi connectivity index (χ3v) is 2.93. The molecule has 16 heavy (non-hydrogen) atoms. The van der Waals surface area contributed by atoms with E-state index < -0.39 is 5.69 Å². The van der Waals surface area contributed by atoms with Crippen LogP contribution in [0, 0.1) is 6.92 Å². The lowest BCUT2D eigenvalue weighted by atomic mass is 10.2. The van der Waals surface area contributed by atoms with Gasteiger partial charge in [0.05, 0.1) is 6.10 Å².